The van der Waals surface area contributed by atoms with Crippen molar-refractivity contribution >= 4 is 11.6 Å². The minimum Gasteiger partial charge on any atom is -0.396 e. The van der Waals surface area contributed by atoms with Crippen LogP contribution in [-0.2, 0) is 4.79 Å². The van der Waals surface area contributed by atoms with Gasteiger partial charge in [-0.2, -0.15) is 0 Å². The molecule has 0 radical (unpaired) electrons. The number of hydrogen-bond donors (Lipinski definition) is 2. The second kappa shape index (κ2) is 8.27. The van der Waals surface area contributed by atoms with E-state index in [1.165, 1.54) is 5.56 Å². The summed E-state index contributed by atoms with van der Waals surface area (Å²) in [5, 5.41) is 11.9. The first-order chi connectivity index (χ1) is 10.6. The van der Waals surface area contributed by atoms with E-state index >= 15 is 0 Å². The average molecular weight is 305 g/mol. The second-order valence-electron chi connectivity index (χ2n) is 5.99. The molecule has 5 heteroatoms. The summed E-state index contributed by atoms with van der Waals surface area (Å²) in [5.41, 5.74) is 3.23. The largest absolute Gasteiger partial charge is 0.396 e. The van der Waals surface area contributed by atoms with Gasteiger partial charge in [-0.1, -0.05) is 12.1 Å². The van der Waals surface area contributed by atoms with Crippen LogP contribution >= 0.6 is 0 Å². The molecule has 0 aromatic heterocycles. The van der Waals surface area contributed by atoms with Crippen molar-refractivity contribution in [3.8, 4) is 0 Å². The van der Waals surface area contributed by atoms with Crippen molar-refractivity contribution in [2.75, 3.05) is 51.2 Å². The second-order valence-corrected chi connectivity index (χ2v) is 5.99. The number of amides is 1. The van der Waals surface area contributed by atoms with E-state index in [-0.39, 0.29) is 12.5 Å². The van der Waals surface area contributed by atoms with Crippen LogP contribution in [0.4, 0.5) is 5.69 Å². The normalized spacial score (nSPS) is 16.7. The number of hydrogen-bond acceptors (Lipinski definition) is 4. The summed E-state index contributed by atoms with van der Waals surface area (Å²) in [6, 6.07) is 5.97. The fourth-order valence-electron chi connectivity index (χ4n) is 2.74. The SMILES string of the molecule is Cc1cccc(NC(=O)CN2CCN(CCCO)CC2)c1C. The topological polar surface area (TPSA) is 55.8 Å². The minimum atomic E-state index is 0.0532. The Kier molecular flexibility index (Phi) is 6.36. The molecule has 22 heavy (non-hydrogen) atoms. The molecule has 1 aliphatic rings. The van der Waals surface area contributed by atoms with Crippen molar-refractivity contribution in [1.29, 1.82) is 0 Å². The number of aryl methyl sites for hydroxylation is 1. The molecular formula is C17H27N3O2. The first-order valence-electron chi connectivity index (χ1n) is 8.02. The van der Waals surface area contributed by atoms with E-state index in [1.54, 1.807) is 0 Å². The van der Waals surface area contributed by atoms with Gasteiger partial charge in [-0.3, -0.25) is 9.69 Å². The third kappa shape index (κ3) is 4.80. The maximum Gasteiger partial charge on any atom is 0.238 e. The highest BCUT2D eigenvalue weighted by molar-refractivity contribution is 5.93. The molecule has 1 fully saturated rings. The van der Waals surface area contributed by atoms with Crippen LogP contribution in [0.25, 0.3) is 0 Å². The van der Waals surface area contributed by atoms with Gasteiger partial charge in [0.15, 0.2) is 0 Å². The van der Waals surface area contributed by atoms with Crippen LogP contribution in [-0.4, -0.2) is 66.7 Å². The summed E-state index contributed by atoms with van der Waals surface area (Å²) >= 11 is 0. The van der Waals surface area contributed by atoms with Crippen LogP contribution < -0.4 is 5.32 Å². The maximum absolute atomic E-state index is 12.2. The molecule has 1 aromatic carbocycles. The number of piperazine rings is 1. The Hall–Kier alpha value is -1.43. The molecule has 1 aliphatic heterocycles. The van der Waals surface area contributed by atoms with Gasteiger partial charge in [0.25, 0.3) is 0 Å². The molecule has 122 valence electrons. The van der Waals surface area contributed by atoms with E-state index in [2.05, 4.69) is 28.1 Å². The van der Waals surface area contributed by atoms with Crippen molar-refractivity contribution in [2.24, 2.45) is 0 Å². The summed E-state index contributed by atoms with van der Waals surface area (Å²) < 4.78 is 0. The predicted molar refractivity (Wildman–Crippen MR) is 89.1 cm³/mol. The van der Waals surface area contributed by atoms with Crippen molar-refractivity contribution in [1.82, 2.24) is 9.80 Å². The van der Waals surface area contributed by atoms with E-state index in [0.29, 0.717) is 6.54 Å². The highest BCUT2D eigenvalue weighted by Crippen LogP contribution is 2.17. The molecule has 2 rings (SSSR count). The number of benzene rings is 1. The van der Waals surface area contributed by atoms with Gasteiger partial charge in [0.2, 0.25) is 5.91 Å². The standard InChI is InChI=1S/C17H27N3O2/c1-14-5-3-6-16(15(14)2)18-17(22)13-20-10-8-19(9-11-20)7-4-12-21/h3,5-6,21H,4,7-13H2,1-2H3,(H,18,22). The third-order valence-electron chi connectivity index (χ3n) is 4.34. The molecule has 1 heterocycles. The molecule has 0 unspecified atom stereocenters. The number of anilines is 1. The van der Waals surface area contributed by atoms with Gasteiger partial charge in [-0.05, 0) is 37.5 Å². The zero-order chi connectivity index (χ0) is 15.9. The predicted octanol–water partition coefficient (Wildman–Crippen LogP) is 1.24. The van der Waals surface area contributed by atoms with E-state index in [9.17, 15) is 4.79 Å². The minimum absolute atomic E-state index is 0.0532. The summed E-state index contributed by atoms with van der Waals surface area (Å²) in [6.45, 7) is 9.48. The Balaban J connectivity index is 1.77. The van der Waals surface area contributed by atoms with Gasteiger partial charge in [-0.15, -0.1) is 0 Å². The van der Waals surface area contributed by atoms with Crippen LogP contribution in [0.3, 0.4) is 0 Å². The molecule has 5 nitrogen and oxygen atoms in total. The molecule has 0 atom stereocenters. The monoisotopic (exact) mass is 305 g/mol. The fraction of sp³-hybridized carbons (Fsp3) is 0.588. The van der Waals surface area contributed by atoms with Crippen molar-refractivity contribution < 1.29 is 9.90 Å². The Morgan fingerprint density at radius 1 is 1.18 bits per heavy atom. The number of aliphatic hydroxyl groups is 1. The number of nitrogens with zero attached hydrogens (tertiary/aromatic N) is 2. The van der Waals surface area contributed by atoms with Gasteiger partial charge in [0, 0.05) is 45.0 Å². The van der Waals surface area contributed by atoms with Crippen LogP contribution in [0, 0.1) is 13.8 Å². The molecule has 0 bridgehead atoms. The summed E-state index contributed by atoms with van der Waals surface area (Å²) in [4.78, 5) is 16.7. The number of nitrogens with one attached hydrogen (secondary N) is 1. The lowest BCUT2D eigenvalue weighted by molar-refractivity contribution is -0.117. The number of carbonyl (C=O) groups is 1. The lowest BCUT2D eigenvalue weighted by Crippen LogP contribution is -2.48. The number of rotatable bonds is 6. The zero-order valence-corrected chi connectivity index (χ0v) is 13.6. The lowest BCUT2D eigenvalue weighted by Gasteiger charge is -2.34. The molecule has 0 aliphatic carbocycles. The third-order valence-corrected chi connectivity index (χ3v) is 4.34. The molecule has 1 aromatic rings. The van der Waals surface area contributed by atoms with E-state index in [1.807, 2.05) is 19.1 Å². The van der Waals surface area contributed by atoms with Crippen molar-refractivity contribution in [3.63, 3.8) is 0 Å². The van der Waals surface area contributed by atoms with Crippen LogP contribution in [0.2, 0.25) is 0 Å². The van der Waals surface area contributed by atoms with Gasteiger partial charge >= 0.3 is 0 Å². The molecule has 0 spiro atoms. The van der Waals surface area contributed by atoms with Crippen molar-refractivity contribution in [3.05, 3.63) is 29.3 Å². The number of aliphatic hydroxyl groups excluding tert-OH is 1. The maximum atomic E-state index is 12.2. The highest BCUT2D eigenvalue weighted by atomic mass is 16.3. The molecule has 2 N–H and O–H groups in total. The average Bonchev–Trinajstić information content (AvgIpc) is 2.51. The molecule has 1 saturated heterocycles. The molecule has 1 amide bonds. The van der Waals surface area contributed by atoms with E-state index in [0.717, 1.165) is 50.4 Å². The van der Waals surface area contributed by atoms with E-state index < -0.39 is 0 Å². The van der Waals surface area contributed by atoms with Crippen LogP contribution in [0.1, 0.15) is 17.5 Å². The first kappa shape index (κ1) is 16.9. The molecule has 0 saturated carbocycles. The van der Waals surface area contributed by atoms with Gasteiger partial charge in [0.05, 0.1) is 6.54 Å². The Morgan fingerprint density at radius 2 is 1.86 bits per heavy atom. The highest BCUT2D eigenvalue weighted by Gasteiger charge is 2.18. The first-order valence-corrected chi connectivity index (χ1v) is 8.02. The summed E-state index contributed by atoms with van der Waals surface area (Å²) in [5.74, 6) is 0.0532. The van der Waals surface area contributed by atoms with Crippen molar-refractivity contribution in [2.45, 2.75) is 20.3 Å². The summed E-state index contributed by atoms with van der Waals surface area (Å²) in [7, 11) is 0. The lowest BCUT2D eigenvalue weighted by atomic mass is 10.1. The van der Waals surface area contributed by atoms with Gasteiger partial charge < -0.3 is 15.3 Å². The number of carbonyl (C=O) groups excluding carboxylic acids is 1. The summed E-state index contributed by atoms with van der Waals surface area (Å²) in [6.07, 6.45) is 0.827. The van der Waals surface area contributed by atoms with Gasteiger partial charge in [-0.25, -0.2) is 0 Å². The van der Waals surface area contributed by atoms with E-state index in [4.69, 9.17) is 5.11 Å². The smallest absolute Gasteiger partial charge is 0.238 e. The Bertz CT molecular complexity index is 497. The quantitative estimate of drug-likeness (QED) is 0.830. The van der Waals surface area contributed by atoms with Crippen LogP contribution in [0.15, 0.2) is 18.2 Å². The van der Waals surface area contributed by atoms with Gasteiger partial charge in [0.1, 0.15) is 0 Å². The Morgan fingerprint density at radius 3 is 2.55 bits per heavy atom. The zero-order valence-electron chi connectivity index (χ0n) is 13.6. The fourth-order valence-corrected chi connectivity index (χ4v) is 2.74. The Labute approximate surface area is 132 Å². The molecular weight excluding hydrogens is 278 g/mol. The van der Waals surface area contributed by atoms with Crippen LogP contribution in [0.5, 0.6) is 0 Å².